The number of hydrogen-bond acceptors (Lipinski definition) is 4. The second kappa shape index (κ2) is 11.7. The number of alkyl halides is 3. The first kappa shape index (κ1) is 30.9. The highest BCUT2D eigenvalue weighted by atomic mass is 35.5. The van der Waals surface area contributed by atoms with Gasteiger partial charge in [0.25, 0.3) is 5.91 Å². The fourth-order valence-corrected chi connectivity index (χ4v) is 5.48. The number of imidazole rings is 1. The molecule has 1 aromatic heterocycles. The molecule has 0 spiro atoms. The minimum Gasteiger partial charge on any atom is -0.366 e. The summed E-state index contributed by atoms with van der Waals surface area (Å²) in [5.41, 5.74) is 5.81. The highest BCUT2D eigenvalue weighted by molar-refractivity contribution is 6.39. The second-order valence-electron chi connectivity index (χ2n) is 11.4. The summed E-state index contributed by atoms with van der Waals surface area (Å²) in [6.45, 7) is 5.73. The van der Waals surface area contributed by atoms with Crippen molar-refractivity contribution in [2.75, 3.05) is 5.32 Å². The van der Waals surface area contributed by atoms with Gasteiger partial charge in [-0.3, -0.25) is 9.59 Å². The molecule has 222 valence electrons. The zero-order valence-corrected chi connectivity index (χ0v) is 24.3. The predicted molar refractivity (Wildman–Crippen MR) is 151 cm³/mol. The Kier molecular flexibility index (Phi) is 8.80. The van der Waals surface area contributed by atoms with Crippen LogP contribution in [0.2, 0.25) is 10.0 Å². The minimum atomic E-state index is -4.24. The molecule has 0 aliphatic heterocycles. The van der Waals surface area contributed by atoms with Crippen molar-refractivity contribution >= 4 is 57.7 Å². The van der Waals surface area contributed by atoms with Gasteiger partial charge in [0.15, 0.2) is 0 Å². The molecule has 1 aliphatic rings. The van der Waals surface area contributed by atoms with Crippen LogP contribution in [0.5, 0.6) is 0 Å². The summed E-state index contributed by atoms with van der Waals surface area (Å²) in [6.07, 6.45) is -3.57. The number of amides is 2. The molecule has 1 heterocycles. The van der Waals surface area contributed by atoms with Crippen LogP contribution in [0.3, 0.4) is 0 Å². The molecule has 0 unspecified atom stereocenters. The number of rotatable bonds is 7. The Labute approximate surface area is 244 Å². The zero-order valence-electron chi connectivity index (χ0n) is 22.8. The number of carbonyl (C=O) groups is 2. The molecule has 0 radical (unpaired) electrons. The number of carbonyl (C=O) groups excluding carboxylic acids is 2. The molecule has 3 aromatic rings. The average molecular weight is 616 g/mol. The number of hydrogen-bond donors (Lipinski definition) is 3. The predicted octanol–water partition coefficient (Wildman–Crippen LogP) is 7.36. The molecular weight excluding hydrogens is 585 g/mol. The van der Waals surface area contributed by atoms with Gasteiger partial charge in [-0.15, -0.1) is 0 Å². The SMILES string of the molecule is CC(C)(C)C(=O)NCc1ccc(Cl)c(Nc2nc3cc(C(N)=O)c(F)cc3n2C[C@H]2CC[C@H](C(F)(F)F)CC2)c1Cl. The van der Waals surface area contributed by atoms with Crippen molar-refractivity contribution in [1.29, 1.82) is 0 Å². The molecule has 1 saturated carbocycles. The smallest absolute Gasteiger partial charge is 0.366 e. The van der Waals surface area contributed by atoms with E-state index in [1.165, 1.54) is 6.07 Å². The van der Waals surface area contributed by atoms with Gasteiger partial charge in [-0.2, -0.15) is 13.2 Å². The summed E-state index contributed by atoms with van der Waals surface area (Å²) >= 11 is 13.2. The van der Waals surface area contributed by atoms with Gasteiger partial charge in [-0.25, -0.2) is 9.37 Å². The lowest BCUT2D eigenvalue weighted by Gasteiger charge is -2.30. The van der Waals surface area contributed by atoms with E-state index in [1.807, 2.05) is 0 Å². The van der Waals surface area contributed by atoms with Gasteiger partial charge in [0.1, 0.15) is 5.82 Å². The number of aromatic nitrogens is 2. The van der Waals surface area contributed by atoms with E-state index in [2.05, 4.69) is 15.6 Å². The first-order valence-corrected chi connectivity index (χ1v) is 13.9. The molecule has 7 nitrogen and oxygen atoms in total. The molecule has 0 atom stereocenters. The summed E-state index contributed by atoms with van der Waals surface area (Å²) in [5, 5.41) is 6.40. The Balaban J connectivity index is 1.69. The average Bonchev–Trinajstić information content (AvgIpc) is 3.20. The number of nitrogens with two attached hydrogens (primary N) is 1. The molecule has 1 fully saturated rings. The topological polar surface area (TPSA) is 102 Å². The first-order chi connectivity index (χ1) is 19.1. The first-order valence-electron chi connectivity index (χ1n) is 13.1. The number of fused-ring (bicyclic) bond motifs is 1. The van der Waals surface area contributed by atoms with Crippen LogP contribution in [0.4, 0.5) is 29.2 Å². The maximum Gasteiger partial charge on any atom is 0.391 e. The third kappa shape index (κ3) is 6.89. The Morgan fingerprint density at radius 1 is 1.10 bits per heavy atom. The molecular formula is C28H31Cl2F4N5O2. The summed E-state index contributed by atoms with van der Waals surface area (Å²) in [6, 6.07) is 5.65. The number of nitrogens with zero attached hydrogens (tertiary/aromatic N) is 2. The Bertz CT molecular complexity index is 1480. The van der Waals surface area contributed by atoms with Gasteiger partial charge in [0.2, 0.25) is 11.9 Å². The summed E-state index contributed by atoms with van der Waals surface area (Å²) in [7, 11) is 0. The van der Waals surface area contributed by atoms with Crippen molar-refractivity contribution in [2.45, 2.75) is 65.7 Å². The molecule has 2 aromatic carbocycles. The largest absolute Gasteiger partial charge is 0.391 e. The van der Waals surface area contributed by atoms with Crippen LogP contribution in [-0.2, 0) is 17.9 Å². The van der Waals surface area contributed by atoms with E-state index in [1.54, 1.807) is 37.5 Å². The van der Waals surface area contributed by atoms with Crippen LogP contribution in [0.25, 0.3) is 11.0 Å². The number of primary amides is 1. The molecule has 2 amide bonds. The van der Waals surface area contributed by atoms with Crippen LogP contribution in [0, 0.1) is 23.1 Å². The van der Waals surface area contributed by atoms with Crippen molar-refractivity contribution in [3.05, 3.63) is 51.3 Å². The van der Waals surface area contributed by atoms with Crippen LogP contribution < -0.4 is 16.4 Å². The molecule has 0 bridgehead atoms. The minimum absolute atomic E-state index is 0.00370. The number of nitrogens with one attached hydrogen (secondary N) is 2. The van der Waals surface area contributed by atoms with E-state index in [4.69, 9.17) is 28.9 Å². The molecule has 1 aliphatic carbocycles. The Morgan fingerprint density at radius 3 is 2.34 bits per heavy atom. The van der Waals surface area contributed by atoms with Crippen molar-refractivity contribution in [2.24, 2.45) is 23.0 Å². The highest BCUT2D eigenvalue weighted by Gasteiger charge is 2.41. The lowest BCUT2D eigenvalue weighted by molar-refractivity contribution is -0.184. The van der Waals surface area contributed by atoms with Crippen molar-refractivity contribution in [3.8, 4) is 0 Å². The third-order valence-corrected chi connectivity index (χ3v) is 8.13. The fraction of sp³-hybridized carbons (Fsp3) is 0.464. The lowest BCUT2D eigenvalue weighted by atomic mass is 9.81. The van der Waals surface area contributed by atoms with E-state index in [0.717, 1.165) is 6.07 Å². The zero-order chi connectivity index (χ0) is 30.3. The normalized spacial score (nSPS) is 18.0. The van der Waals surface area contributed by atoms with Crippen LogP contribution >= 0.6 is 23.2 Å². The van der Waals surface area contributed by atoms with E-state index in [9.17, 15) is 27.2 Å². The molecule has 13 heteroatoms. The van der Waals surface area contributed by atoms with Gasteiger partial charge in [-0.1, -0.05) is 50.0 Å². The standard InChI is InChI=1S/C28H31Cl2F4N5O2/c1-27(2,3)25(41)36-12-15-6-9-18(29)23(22(15)30)38-26-37-20-10-17(24(35)40)19(31)11-21(20)39(26)13-14-4-7-16(8-5-14)28(32,33)34/h6,9-11,14,16H,4-5,7-8,12-13H2,1-3H3,(H2,35,40)(H,36,41)(H,37,38)/t14-,16-. The quantitative estimate of drug-likeness (QED) is 0.242. The fourth-order valence-electron chi connectivity index (χ4n) is 4.94. The monoisotopic (exact) mass is 615 g/mol. The summed E-state index contributed by atoms with van der Waals surface area (Å²) in [5.74, 6) is -3.24. The Hall–Kier alpha value is -3.05. The number of anilines is 2. The molecule has 4 rings (SSSR count). The lowest BCUT2D eigenvalue weighted by Crippen LogP contribution is -2.34. The maximum atomic E-state index is 14.8. The van der Waals surface area contributed by atoms with Crippen molar-refractivity contribution in [3.63, 3.8) is 0 Å². The van der Waals surface area contributed by atoms with E-state index in [-0.39, 0.29) is 70.5 Å². The van der Waals surface area contributed by atoms with E-state index in [0.29, 0.717) is 23.9 Å². The molecule has 4 N–H and O–H groups in total. The number of halogens is 6. The van der Waals surface area contributed by atoms with Crippen LogP contribution in [-0.4, -0.2) is 27.5 Å². The second-order valence-corrected chi connectivity index (χ2v) is 12.2. The summed E-state index contributed by atoms with van der Waals surface area (Å²) < 4.78 is 56.1. The molecule has 41 heavy (non-hydrogen) atoms. The van der Waals surface area contributed by atoms with E-state index >= 15 is 0 Å². The van der Waals surface area contributed by atoms with Crippen LogP contribution in [0.1, 0.15) is 62.4 Å². The van der Waals surface area contributed by atoms with Gasteiger partial charge >= 0.3 is 6.18 Å². The Morgan fingerprint density at radius 2 is 1.76 bits per heavy atom. The van der Waals surface area contributed by atoms with Gasteiger partial charge in [-0.05, 0) is 49.3 Å². The molecule has 0 saturated heterocycles. The van der Waals surface area contributed by atoms with Gasteiger partial charge < -0.3 is 20.9 Å². The third-order valence-electron chi connectivity index (χ3n) is 7.38. The van der Waals surface area contributed by atoms with Crippen molar-refractivity contribution in [1.82, 2.24) is 14.9 Å². The van der Waals surface area contributed by atoms with Gasteiger partial charge in [0.05, 0.1) is 38.2 Å². The van der Waals surface area contributed by atoms with Gasteiger partial charge in [0, 0.05) is 24.6 Å². The highest BCUT2D eigenvalue weighted by Crippen LogP contribution is 2.41. The van der Waals surface area contributed by atoms with E-state index < -0.39 is 29.2 Å². The summed E-state index contributed by atoms with van der Waals surface area (Å²) in [4.78, 5) is 28.7. The van der Waals surface area contributed by atoms with Crippen LogP contribution in [0.15, 0.2) is 24.3 Å². The number of benzene rings is 2. The maximum absolute atomic E-state index is 14.8. The van der Waals surface area contributed by atoms with Crippen molar-refractivity contribution < 1.29 is 27.2 Å².